The van der Waals surface area contributed by atoms with Gasteiger partial charge in [-0.3, -0.25) is 0 Å². The van der Waals surface area contributed by atoms with Crippen molar-refractivity contribution in [3.8, 4) is 0 Å². The van der Waals surface area contributed by atoms with E-state index in [4.69, 9.17) is 0 Å². The molecule has 0 unspecified atom stereocenters. The molecule has 6 nitrogen and oxygen atoms in total. The fourth-order valence-electron chi connectivity index (χ4n) is 3.23. The summed E-state index contributed by atoms with van der Waals surface area (Å²) in [6.07, 6.45) is -1.99. The van der Waals surface area contributed by atoms with Crippen LogP contribution in [-0.2, 0) is 10.7 Å². The highest BCUT2D eigenvalue weighted by atomic mass is 31.2. The number of nitrogens with zero attached hydrogens (tertiary/aromatic N) is 2. The first kappa shape index (κ1) is 21.6. The molecule has 0 bridgehead atoms. The van der Waals surface area contributed by atoms with Gasteiger partial charge >= 0.3 is 6.18 Å². The van der Waals surface area contributed by atoms with Gasteiger partial charge in [0, 0.05) is 24.1 Å². The van der Waals surface area contributed by atoms with E-state index in [0.29, 0.717) is 17.5 Å². The molecule has 0 aliphatic carbocycles. The molecule has 1 aromatic heterocycles. The number of halogens is 3. The van der Waals surface area contributed by atoms with Crippen molar-refractivity contribution in [2.24, 2.45) is 0 Å². The number of aryl methyl sites for hydroxylation is 1. The summed E-state index contributed by atoms with van der Waals surface area (Å²) in [7, 11) is -2.73. The molecule has 2 heterocycles. The van der Waals surface area contributed by atoms with Gasteiger partial charge in [-0.1, -0.05) is 11.6 Å². The molecule has 10 heteroatoms. The van der Waals surface area contributed by atoms with Crippen LogP contribution in [0.2, 0.25) is 0 Å². The summed E-state index contributed by atoms with van der Waals surface area (Å²) in [6.45, 7) is 6.63. The van der Waals surface area contributed by atoms with Crippen molar-refractivity contribution in [3.05, 3.63) is 35.5 Å². The number of aromatic nitrogens is 2. The largest absolute Gasteiger partial charge is 0.421 e. The topological polar surface area (TPSA) is 78.9 Å². The van der Waals surface area contributed by atoms with E-state index in [1.807, 2.05) is 6.92 Å². The Morgan fingerprint density at radius 3 is 2.66 bits per heavy atom. The lowest BCUT2D eigenvalue weighted by atomic mass is 10.1. The van der Waals surface area contributed by atoms with Gasteiger partial charge in [-0.2, -0.15) is 18.2 Å². The third-order valence-corrected chi connectivity index (χ3v) is 6.24. The Kier molecular flexibility index (Phi) is 6.19. The molecule has 0 spiro atoms. The molecule has 158 valence electrons. The van der Waals surface area contributed by atoms with E-state index in [9.17, 15) is 17.7 Å². The zero-order chi connectivity index (χ0) is 21.2. The number of hydrogen-bond acceptors (Lipinski definition) is 6. The van der Waals surface area contributed by atoms with Crippen LogP contribution in [0.25, 0.3) is 0 Å². The van der Waals surface area contributed by atoms with E-state index in [1.165, 1.54) is 0 Å². The van der Waals surface area contributed by atoms with Gasteiger partial charge in [0.25, 0.3) is 0 Å². The molecule has 29 heavy (non-hydrogen) atoms. The molecule has 1 saturated heterocycles. The van der Waals surface area contributed by atoms with Gasteiger partial charge in [-0.25, -0.2) is 4.98 Å². The first-order chi connectivity index (χ1) is 13.5. The minimum Gasteiger partial charge on any atom is -0.350 e. The third kappa shape index (κ3) is 5.48. The van der Waals surface area contributed by atoms with E-state index in [-0.39, 0.29) is 17.8 Å². The molecule has 0 radical (unpaired) electrons. The van der Waals surface area contributed by atoms with Gasteiger partial charge in [0.2, 0.25) is 5.95 Å². The number of nitrogens with one attached hydrogen (secondary N) is 3. The van der Waals surface area contributed by atoms with Gasteiger partial charge in [-0.05, 0) is 51.8 Å². The summed E-state index contributed by atoms with van der Waals surface area (Å²) in [4.78, 5) is 7.97. The zero-order valence-corrected chi connectivity index (χ0v) is 17.5. The highest BCUT2D eigenvalue weighted by molar-refractivity contribution is 7.70. The Balaban J connectivity index is 1.98. The minimum absolute atomic E-state index is 0.0507. The van der Waals surface area contributed by atoms with E-state index >= 15 is 0 Å². The highest BCUT2D eigenvalue weighted by Gasteiger charge is 2.36. The fraction of sp³-hybridized carbons (Fsp3) is 0.474. The number of hydrogen-bond donors (Lipinski definition) is 3. The van der Waals surface area contributed by atoms with Crippen LogP contribution in [0.5, 0.6) is 0 Å². The standard InChI is InChI=1S/C19H25F3N5OP/c1-12-6-7-15(16(9-12)29(2,3)28)26-17-14(19(20,21)22)11-24-18(27-17)25-13-5-4-8-23-10-13/h6-7,9,11,13,23H,4-5,8,10H2,1-3H3,(H2,24,25,26,27)/t13-/m0/s1. The average molecular weight is 427 g/mol. The maximum absolute atomic E-state index is 13.5. The van der Waals surface area contributed by atoms with Gasteiger partial charge in [0.1, 0.15) is 18.5 Å². The molecule has 1 aliphatic heterocycles. The second kappa shape index (κ2) is 8.32. The average Bonchev–Trinajstić information content (AvgIpc) is 2.62. The zero-order valence-electron chi connectivity index (χ0n) is 16.6. The molecular weight excluding hydrogens is 402 g/mol. The predicted octanol–water partition coefficient (Wildman–Crippen LogP) is 3.96. The van der Waals surface area contributed by atoms with Crippen molar-refractivity contribution in [1.29, 1.82) is 0 Å². The quantitative estimate of drug-likeness (QED) is 0.627. The molecule has 0 saturated carbocycles. The van der Waals surface area contributed by atoms with Gasteiger partial charge < -0.3 is 20.5 Å². The Bertz CT molecular complexity index is 923. The lowest BCUT2D eigenvalue weighted by Crippen LogP contribution is -2.38. The summed E-state index contributed by atoms with van der Waals surface area (Å²) in [6, 6.07) is 5.16. The Labute approximate surface area is 168 Å². The van der Waals surface area contributed by atoms with E-state index in [2.05, 4.69) is 25.9 Å². The summed E-state index contributed by atoms with van der Waals surface area (Å²) in [5.74, 6) is -0.239. The lowest BCUT2D eigenvalue weighted by Gasteiger charge is -2.24. The molecule has 3 rings (SSSR count). The third-order valence-electron chi connectivity index (χ3n) is 4.71. The normalized spacial score (nSPS) is 17.8. The Morgan fingerprint density at radius 2 is 2.03 bits per heavy atom. The van der Waals surface area contributed by atoms with Crippen molar-refractivity contribution >= 4 is 29.9 Å². The van der Waals surface area contributed by atoms with E-state index in [0.717, 1.165) is 31.1 Å². The highest BCUT2D eigenvalue weighted by Crippen LogP contribution is 2.40. The van der Waals surface area contributed by atoms with Crippen LogP contribution in [0.15, 0.2) is 24.4 Å². The molecule has 0 amide bonds. The van der Waals surface area contributed by atoms with Crippen molar-refractivity contribution in [2.45, 2.75) is 32.0 Å². The second-order valence-corrected chi connectivity index (χ2v) is 10.8. The summed E-state index contributed by atoms with van der Waals surface area (Å²) in [5.41, 5.74) is 0.247. The maximum Gasteiger partial charge on any atom is 0.421 e. The van der Waals surface area contributed by atoms with Gasteiger partial charge in [-0.15, -0.1) is 0 Å². The summed E-state index contributed by atoms with van der Waals surface area (Å²) >= 11 is 0. The molecule has 1 fully saturated rings. The SMILES string of the molecule is Cc1ccc(Nc2nc(N[C@H]3CCCNC3)ncc2C(F)(F)F)c(P(C)(C)=O)c1. The van der Waals surface area contributed by atoms with Gasteiger partial charge in [0.05, 0.1) is 5.69 Å². The predicted molar refractivity (Wildman–Crippen MR) is 110 cm³/mol. The van der Waals surface area contributed by atoms with Crippen LogP contribution in [-0.4, -0.2) is 42.4 Å². The number of piperidine rings is 1. The van der Waals surface area contributed by atoms with E-state index in [1.54, 1.807) is 31.5 Å². The Morgan fingerprint density at radius 1 is 1.28 bits per heavy atom. The van der Waals surface area contributed by atoms with Crippen LogP contribution < -0.4 is 21.3 Å². The number of anilines is 3. The first-order valence-electron chi connectivity index (χ1n) is 9.39. The monoisotopic (exact) mass is 427 g/mol. The lowest BCUT2D eigenvalue weighted by molar-refractivity contribution is -0.137. The van der Waals surface area contributed by atoms with Crippen LogP contribution in [0, 0.1) is 6.92 Å². The maximum atomic E-state index is 13.5. The summed E-state index contributed by atoms with van der Waals surface area (Å²) < 4.78 is 53.3. The smallest absolute Gasteiger partial charge is 0.350 e. The Hall–Kier alpha value is -2.12. The molecule has 3 N–H and O–H groups in total. The van der Waals surface area contributed by atoms with Crippen LogP contribution in [0.1, 0.15) is 24.0 Å². The molecule has 2 aromatic rings. The minimum atomic E-state index is -4.62. The molecule has 1 aromatic carbocycles. The fourth-order valence-corrected chi connectivity index (χ4v) is 4.46. The first-order valence-corrected chi connectivity index (χ1v) is 12.0. The molecular formula is C19H25F3N5OP. The number of alkyl halides is 3. The van der Waals surface area contributed by atoms with Crippen molar-refractivity contribution in [1.82, 2.24) is 15.3 Å². The van der Waals surface area contributed by atoms with Crippen LogP contribution >= 0.6 is 7.14 Å². The molecule has 1 atom stereocenters. The number of benzene rings is 1. The van der Waals surface area contributed by atoms with Crippen LogP contribution in [0.3, 0.4) is 0 Å². The van der Waals surface area contributed by atoms with Crippen molar-refractivity contribution < 1.29 is 17.7 Å². The molecule has 1 aliphatic rings. The number of rotatable bonds is 5. The van der Waals surface area contributed by atoms with Crippen LogP contribution in [0.4, 0.5) is 30.6 Å². The van der Waals surface area contributed by atoms with Gasteiger partial charge in [0.15, 0.2) is 0 Å². The second-order valence-electron chi connectivity index (χ2n) is 7.64. The van der Waals surface area contributed by atoms with E-state index < -0.39 is 18.9 Å². The van der Waals surface area contributed by atoms with Crippen molar-refractivity contribution in [2.75, 3.05) is 37.1 Å². The van der Waals surface area contributed by atoms with Crippen molar-refractivity contribution in [3.63, 3.8) is 0 Å². The summed E-state index contributed by atoms with van der Waals surface area (Å²) in [5, 5.41) is 9.56.